The summed E-state index contributed by atoms with van der Waals surface area (Å²) < 4.78 is 5.04. The molecule has 0 aliphatic carbocycles. The average molecular weight is 693 g/mol. The maximum absolute atomic E-state index is 2.48. The van der Waals surface area contributed by atoms with E-state index in [9.17, 15) is 0 Å². The van der Waals surface area contributed by atoms with Gasteiger partial charge in [0, 0.05) is 47.4 Å². The maximum Gasteiger partial charge on any atom is 0.0555 e. The van der Waals surface area contributed by atoms with Crippen LogP contribution in [-0.4, -0.2) is 4.57 Å². The third-order valence-electron chi connectivity index (χ3n) is 10.8. The lowest BCUT2D eigenvalue weighted by atomic mass is 10.00. The highest BCUT2D eigenvalue weighted by Gasteiger charge is 2.22. The molecule has 0 amide bonds. The van der Waals surface area contributed by atoms with Gasteiger partial charge in [-0.2, -0.15) is 0 Å². The Morgan fingerprint density at radius 1 is 0.358 bits per heavy atom. The Morgan fingerprint density at radius 3 is 1.89 bits per heavy atom. The number of thiophene rings is 1. The maximum atomic E-state index is 2.48. The second-order valence-electron chi connectivity index (χ2n) is 13.7. The first kappa shape index (κ1) is 30.0. The molecule has 0 unspecified atom stereocenters. The van der Waals surface area contributed by atoms with Gasteiger partial charge in [0.15, 0.2) is 0 Å². The highest BCUT2D eigenvalue weighted by molar-refractivity contribution is 7.26. The number of nitrogens with zero attached hydrogens (tertiary/aromatic N) is 2. The van der Waals surface area contributed by atoms with Crippen molar-refractivity contribution in [3.05, 3.63) is 194 Å². The molecule has 0 aliphatic rings. The smallest absolute Gasteiger partial charge is 0.0555 e. The second kappa shape index (κ2) is 11.9. The number of aromatic nitrogens is 1. The van der Waals surface area contributed by atoms with Crippen LogP contribution in [0.1, 0.15) is 0 Å². The minimum Gasteiger partial charge on any atom is -0.309 e. The molecule has 0 spiro atoms. The van der Waals surface area contributed by atoms with Gasteiger partial charge in [-0.25, -0.2) is 0 Å². The zero-order valence-electron chi connectivity index (χ0n) is 28.8. The molecular formula is C50H32N2S. The third kappa shape index (κ3) is 4.64. The van der Waals surface area contributed by atoms with E-state index in [1.165, 1.54) is 86.0 Å². The third-order valence-corrected chi connectivity index (χ3v) is 11.9. The summed E-state index contributed by atoms with van der Waals surface area (Å²) in [6.45, 7) is 0. The van der Waals surface area contributed by atoms with Gasteiger partial charge in [0.2, 0.25) is 0 Å². The topological polar surface area (TPSA) is 8.17 Å². The van der Waals surface area contributed by atoms with Gasteiger partial charge in [0.25, 0.3) is 0 Å². The van der Waals surface area contributed by atoms with Crippen molar-refractivity contribution in [2.75, 3.05) is 4.90 Å². The standard InChI is InChI=1S/C50H32N2S/c1-2-13-33(14-3-1)34-27-29-36(30-28-34)51(45-24-12-26-48-50(45)41-19-7-9-25-47(41)53-48)43-23-11-20-39-38(43)31-32-46-49(39)40-18-6-8-21-44(40)52(46)42-22-10-16-35-15-4-5-17-37(35)42/h1-32H. The quantitative estimate of drug-likeness (QED) is 0.174. The second-order valence-corrected chi connectivity index (χ2v) is 14.8. The van der Waals surface area contributed by atoms with Crippen LogP contribution in [0.25, 0.3) is 80.3 Å². The average Bonchev–Trinajstić information content (AvgIpc) is 3.78. The molecule has 11 rings (SSSR count). The Kier molecular flexibility index (Phi) is 6.76. The van der Waals surface area contributed by atoms with E-state index in [4.69, 9.17) is 0 Å². The van der Waals surface area contributed by atoms with Crippen LogP contribution < -0.4 is 4.90 Å². The summed E-state index contributed by atoms with van der Waals surface area (Å²) in [7, 11) is 0. The van der Waals surface area contributed by atoms with Crippen molar-refractivity contribution in [2.45, 2.75) is 0 Å². The van der Waals surface area contributed by atoms with Crippen LogP contribution in [0.4, 0.5) is 17.1 Å². The van der Waals surface area contributed by atoms with E-state index < -0.39 is 0 Å². The first-order valence-corrected chi connectivity index (χ1v) is 18.9. The molecule has 0 aliphatic heterocycles. The van der Waals surface area contributed by atoms with Crippen molar-refractivity contribution < 1.29 is 0 Å². The van der Waals surface area contributed by atoms with Crippen molar-refractivity contribution in [2.24, 2.45) is 0 Å². The Morgan fingerprint density at radius 2 is 1.00 bits per heavy atom. The number of hydrogen-bond acceptors (Lipinski definition) is 2. The SMILES string of the molecule is c1ccc(-c2ccc(N(c3cccc4c3ccc3c4c4ccccc4n3-c3cccc4ccccc34)c3cccc4sc5ccccc5c34)cc2)cc1. The summed E-state index contributed by atoms with van der Waals surface area (Å²) in [5.74, 6) is 0. The predicted octanol–water partition coefficient (Wildman–Crippen LogP) is 14.6. The lowest BCUT2D eigenvalue weighted by molar-refractivity contribution is 1.20. The van der Waals surface area contributed by atoms with Gasteiger partial charge in [-0.15, -0.1) is 11.3 Å². The molecule has 11 aromatic rings. The fraction of sp³-hybridized carbons (Fsp3) is 0. The van der Waals surface area contributed by atoms with Crippen LogP contribution >= 0.6 is 11.3 Å². The summed E-state index contributed by atoms with van der Waals surface area (Å²) in [6, 6.07) is 70.9. The monoisotopic (exact) mass is 692 g/mol. The Balaban J connectivity index is 1.20. The summed E-state index contributed by atoms with van der Waals surface area (Å²) >= 11 is 1.86. The van der Waals surface area contributed by atoms with Gasteiger partial charge in [-0.1, -0.05) is 140 Å². The Hall–Kier alpha value is -6.68. The van der Waals surface area contributed by atoms with Gasteiger partial charge < -0.3 is 9.47 Å². The molecule has 0 bridgehead atoms. The number of benzene rings is 9. The first-order valence-electron chi connectivity index (χ1n) is 18.1. The van der Waals surface area contributed by atoms with Gasteiger partial charge in [-0.05, 0) is 76.5 Å². The number of anilines is 3. The molecule has 0 N–H and O–H groups in total. The summed E-state index contributed by atoms with van der Waals surface area (Å²) in [6.07, 6.45) is 0. The van der Waals surface area contributed by atoms with E-state index in [2.05, 4.69) is 204 Å². The van der Waals surface area contributed by atoms with Gasteiger partial charge >= 0.3 is 0 Å². The molecule has 2 aromatic heterocycles. The molecule has 53 heavy (non-hydrogen) atoms. The van der Waals surface area contributed by atoms with Gasteiger partial charge in [-0.3, -0.25) is 0 Å². The molecule has 0 atom stereocenters. The largest absolute Gasteiger partial charge is 0.309 e. The van der Waals surface area contributed by atoms with Crippen LogP contribution in [0.5, 0.6) is 0 Å². The van der Waals surface area contributed by atoms with Crippen LogP contribution in [0.3, 0.4) is 0 Å². The lowest BCUT2D eigenvalue weighted by Crippen LogP contribution is -2.11. The van der Waals surface area contributed by atoms with Crippen LogP contribution in [0.2, 0.25) is 0 Å². The molecule has 0 saturated heterocycles. The number of para-hydroxylation sites is 1. The number of hydrogen-bond donors (Lipinski definition) is 0. The highest BCUT2D eigenvalue weighted by atomic mass is 32.1. The van der Waals surface area contributed by atoms with E-state index in [1.807, 2.05) is 11.3 Å². The highest BCUT2D eigenvalue weighted by Crippen LogP contribution is 2.48. The van der Waals surface area contributed by atoms with Gasteiger partial charge in [0.1, 0.15) is 0 Å². The van der Waals surface area contributed by atoms with E-state index in [0.717, 1.165) is 11.4 Å². The zero-order chi connectivity index (χ0) is 34.9. The Bertz CT molecular complexity index is 3160. The van der Waals surface area contributed by atoms with E-state index in [-0.39, 0.29) is 0 Å². The van der Waals surface area contributed by atoms with Crippen molar-refractivity contribution in [3.8, 4) is 16.8 Å². The minimum absolute atomic E-state index is 1.12. The van der Waals surface area contributed by atoms with Crippen LogP contribution in [-0.2, 0) is 0 Å². The normalized spacial score (nSPS) is 11.8. The zero-order valence-corrected chi connectivity index (χ0v) is 29.6. The summed E-state index contributed by atoms with van der Waals surface area (Å²) in [5, 5.41) is 10.0. The molecule has 248 valence electrons. The lowest BCUT2D eigenvalue weighted by Gasteiger charge is -2.28. The molecule has 2 nitrogen and oxygen atoms in total. The van der Waals surface area contributed by atoms with Crippen molar-refractivity contribution in [1.29, 1.82) is 0 Å². The van der Waals surface area contributed by atoms with Crippen LogP contribution in [0, 0.1) is 0 Å². The fourth-order valence-electron chi connectivity index (χ4n) is 8.45. The van der Waals surface area contributed by atoms with E-state index >= 15 is 0 Å². The summed E-state index contributed by atoms with van der Waals surface area (Å²) in [5.41, 5.74) is 9.48. The minimum atomic E-state index is 1.12. The van der Waals surface area contributed by atoms with Gasteiger partial charge in [0.05, 0.1) is 28.1 Å². The van der Waals surface area contributed by atoms with E-state index in [0.29, 0.717) is 0 Å². The molecule has 0 saturated carbocycles. The molecular weight excluding hydrogens is 661 g/mol. The molecule has 0 radical (unpaired) electrons. The van der Waals surface area contributed by atoms with Crippen LogP contribution in [0.15, 0.2) is 194 Å². The fourth-order valence-corrected chi connectivity index (χ4v) is 9.58. The predicted molar refractivity (Wildman–Crippen MR) is 229 cm³/mol. The number of rotatable bonds is 5. The summed E-state index contributed by atoms with van der Waals surface area (Å²) in [4.78, 5) is 2.48. The Labute approximate surface area is 311 Å². The van der Waals surface area contributed by atoms with E-state index in [1.54, 1.807) is 0 Å². The molecule has 0 fully saturated rings. The molecule has 3 heteroatoms. The first-order chi connectivity index (χ1) is 26.3. The van der Waals surface area contributed by atoms with Crippen molar-refractivity contribution in [3.63, 3.8) is 0 Å². The molecule has 2 heterocycles. The molecule has 9 aromatic carbocycles. The number of fused-ring (bicyclic) bond motifs is 9. The van der Waals surface area contributed by atoms with Crippen molar-refractivity contribution in [1.82, 2.24) is 4.57 Å². The van der Waals surface area contributed by atoms with Crippen molar-refractivity contribution >= 4 is 91.9 Å².